The van der Waals surface area contributed by atoms with Crippen LogP contribution in [0.2, 0.25) is 0 Å². The fraction of sp³-hybridized carbons (Fsp3) is 0.276. The number of nitrogens with one attached hydrogen (secondary N) is 2. The number of aryl methyl sites for hydroxylation is 3. The van der Waals surface area contributed by atoms with E-state index in [1.54, 1.807) is 29.2 Å². The van der Waals surface area contributed by atoms with Gasteiger partial charge in [0.1, 0.15) is 5.75 Å². The third-order valence-corrected chi connectivity index (χ3v) is 6.27. The molecule has 1 aliphatic heterocycles. The van der Waals surface area contributed by atoms with Gasteiger partial charge in [-0.05, 0) is 67.8 Å². The zero-order valence-electron chi connectivity index (χ0n) is 20.8. The van der Waals surface area contributed by atoms with Crippen LogP contribution in [-0.2, 0) is 20.9 Å². The zero-order valence-corrected chi connectivity index (χ0v) is 20.8. The number of benzene rings is 3. The summed E-state index contributed by atoms with van der Waals surface area (Å²) in [6.07, 6.45) is 0.177. The standard InChI is InChI=1S/C29H31N3O4/c1-19-5-8-22(9-6-19)16-30-29(35)23-15-28(34)32(17-23)24-10-12-25(13-11-24)36-18-27(33)31-26-14-20(2)4-7-21(26)3/h4-14,23H,15-18H2,1-3H3,(H,30,35)(H,31,33). The topological polar surface area (TPSA) is 87.7 Å². The van der Waals surface area contributed by atoms with Crippen LogP contribution in [0.4, 0.5) is 11.4 Å². The van der Waals surface area contributed by atoms with Crippen LogP contribution in [0.25, 0.3) is 0 Å². The van der Waals surface area contributed by atoms with Crippen molar-refractivity contribution in [1.29, 1.82) is 0 Å². The molecule has 0 aliphatic carbocycles. The van der Waals surface area contributed by atoms with E-state index in [2.05, 4.69) is 10.6 Å². The molecule has 1 unspecified atom stereocenters. The monoisotopic (exact) mass is 485 g/mol. The summed E-state index contributed by atoms with van der Waals surface area (Å²) in [5.74, 6) is -0.336. The largest absolute Gasteiger partial charge is 0.484 e. The van der Waals surface area contributed by atoms with Crippen molar-refractivity contribution in [2.75, 3.05) is 23.4 Å². The van der Waals surface area contributed by atoms with Crippen LogP contribution in [-0.4, -0.2) is 30.9 Å². The lowest BCUT2D eigenvalue weighted by molar-refractivity contribution is -0.126. The van der Waals surface area contributed by atoms with Gasteiger partial charge < -0.3 is 20.3 Å². The number of amides is 3. The maximum Gasteiger partial charge on any atom is 0.262 e. The minimum Gasteiger partial charge on any atom is -0.484 e. The predicted molar refractivity (Wildman–Crippen MR) is 140 cm³/mol. The molecule has 36 heavy (non-hydrogen) atoms. The van der Waals surface area contributed by atoms with Gasteiger partial charge in [0, 0.05) is 30.9 Å². The normalized spacial score (nSPS) is 15.0. The summed E-state index contributed by atoms with van der Waals surface area (Å²) in [4.78, 5) is 39.1. The number of rotatable bonds is 8. The predicted octanol–water partition coefficient (Wildman–Crippen LogP) is 4.30. The number of carbonyl (C=O) groups excluding carboxylic acids is 3. The molecule has 0 bridgehead atoms. The first-order valence-electron chi connectivity index (χ1n) is 12.0. The Bertz CT molecular complexity index is 1250. The van der Waals surface area contributed by atoms with Gasteiger partial charge >= 0.3 is 0 Å². The minimum absolute atomic E-state index is 0.0907. The zero-order chi connectivity index (χ0) is 25.7. The number of hydrogen-bond acceptors (Lipinski definition) is 4. The van der Waals surface area contributed by atoms with Gasteiger partial charge in [-0.2, -0.15) is 0 Å². The van der Waals surface area contributed by atoms with E-state index in [4.69, 9.17) is 4.74 Å². The Morgan fingerprint density at radius 1 is 0.944 bits per heavy atom. The molecule has 1 aliphatic rings. The maximum absolute atomic E-state index is 12.6. The molecular formula is C29H31N3O4. The van der Waals surface area contributed by atoms with Gasteiger partial charge in [0.25, 0.3) is 5.91 Å². The molecule has 3 amide bonds. The van der Waals surface area contributed by atoms with E-state index in [0.717, 1.165) is 22.4 Å². The minimum atomic E-state index is -0.396. The van der Waals surface area contributed by atoms with E-state index in [-0.39, 0.29) is 30.7 Å². The maximum atomic E-state index is 12.6. The van der Waals surface area contributed by atoms with E-state index in [0.29, 0.717) is 24.5 Å². The molecule has 3 aromatic carbocycles. The van der Waals surface area contributed by atoms with Crippen molar-refractivity contribution in [1.82, 2.24) is 5.32 Å². The second kappa shape index (κ2) is 11.1. The number of hydrogen-bond donors (Lipinski definition) is 2. The van der Waals surface area contributed by atoms with Crippen molar-refractivity contribution in [2.24, 2.45) is 5.92 Å². The molecule has 0 spiro atoms. The molecule has 2 N–H and O–H groups in total. The summed E-state index contributed by atoms with van der Waals surface area (Å²) in [6.45, 7) is 6.57. The third-order valence-electron chi connectivity index (χ3n) is 6.27. The quantitative estimate of drug-likeness (QED) is 0.498. The van der Waals surface area contributed by atoms with Gasteiger partial charge in [-0.3, -0.25) is 14.4 Å². The van der Waals surface area contributed by atoms with Gasteiger partial charge in [-0.1, -0.05) is 42.0 Å². The van der Waals surface area contributed by atoms with E-state index in [1.165, 1.54) is 5.56 Å². The summed E-state index contributed by atoms with van der Waals surface area (Å²) in [5, 5.41) is 5.80. The van der Waals surface area contributed by atoms with Gasteiger partial charge in [0.2, 0.25) is 11.8 Å². The molecular weight excluding hydrogens is 454 g/mol. The summed E-state index contributed by atoms with van der Waals surface area (Å²) >= 11 is 0. The average Bonchev–Trinajstić information content (AvgIpc) is 3.26. The van der Waals surface area contributed by atoms with Crippen molar-refractivity contribution in [3.63, 3.8) is 0 Å². The highest BCUT2D eigenvalue weighted by molar-refractivity contribution is 6.00. The Kier molecular flexibility index (Phi) is 7.68. The Hall–Kier alpha value is -4.13. The van der Waals surface area contributed by atoms with Crippen LogP contribution in [0.3, 0.4) is 0 Å². The van der Waals surface area contributed by atoms with Crippen molar-refractivity contribution in [2.45, 2.75) is 33.7 Å². The molecule has 3 aromatic rings. The number of nitrogens with zero attached hydrogens (tertiary/aromatic N) is 1. The van der Waals surface area contributed by atoms with E-state index in [9.17, 15) is 14.4 Å². The SMILES string of the molecule is Cc1ccc(CNC(=O)C2CC(=O)N(c3ccc(OCC(=O)Nc4cc(C)ccc4C)cc3)C2)cc1. The van der Waals surface area contributed by atoms with Crippen LogP contribution in [0.15, 0.2) is 66.7 Å². The highest BCUT2D eigenvalue weighted by atomic mass is 16.5. The Morgan fingerprint density at radius 3 is 2.36 bits per heavy atom. The molecule has 0 radical (unpaired) electrons. The van der Waals surface area contributed by atoms with Crippen molar-refractivity contribution >= 4 is 29.1 Å². The van der Waals surface area contributed by atoms with E-state index in [1.807, 2.05) is 63.2 Å². The smallest absolute Gasteiger partial charge is 0.262 e. The van der Waals surface area contributed by atoms with Crippen LogP contribution in [0, 0.1) is 26.7 Å². The van der Waals surface area contributed by atoms with Crippen molar-refractivity contribution in [3.8, 4) is 5.75 Å². The fourth-order valence-electron chi connectivity index (χ4n) is 4.10. The number of anilines is 2. The van der Waals surface area contributed by atoms with Crippen LogP contribution < -0.4 is 20.3 Å². The lowest BCUT2D eigenvalue weighted by Crippen LogP contribution is -2.32. The Balaban J connectivity index is 1.27. The van der Waals surface area contributed by atoms with Crippen molar-refractivity contribution < 1.29 is 19.1 Å². The van der Waals surface area contributed by atoms with Crippen LogP contribution in [0.5, 0.6) is 5.75 Å². The highest BCUT2D eigenvalue weighted by Crippen LogP contribution is 2.27. The molecule has 1 heterocycles. The van der Waals surface area contributed by atoms with Gasteiger partial charge in [0.15, 0.2) is 6.61 Å². The second-order valence-corrected chi connectivity index (χ2v) is 9.26. The van der Waals surface area contributed by atoms with E-state index < -0.39 is 5.92 Å². The van der Waals surface area contributed by atoms with Crippen LogP contribution >= 0.6 is 0 Å². The Morgan fingerprint density at radius 2 is 1.64 bits per heavy atom. The molecule has 7 nitrogen and oxygen atoms in total. The molecule has 1 atom stereocenters. The lowest BCUT2D eigenvalue weighted by Gasteiger charge is -2.17. The molecule has 7 heteroatoms. The first kappa shape index (κ1) is 25.0. The number of carbonyl (C=O) groups is 3. The number of ether oxygens (including phenoxy) is 1. The second-order valence-electron chi connectivity index (χ2n) is 9.26. The fourth-order valence-corrected chi connectivity index (χ4v) is 4.10. The molecule has 0 saturated carbocycles. The van der Waals surface area contributed by atoms with E-state index >= 15 is 0 Å². The van der Waals surface area contributed by atoms with Gasteiger partial charge in [-0.25, -0.2) is 0 Å². The van der Waals surface area contributed by atoms with Crippen molar-refractivity contribution in [3.05, 3.63) is 89.0 Å². The van der Waals surface area contributed by atoms with Gasteiger partial charge in [-0.15, -0.1) is 0 Å². The third kappa shape index (κ3) is 6.30. The molecule has 0 aromatic heterocycles. The summed E-state index contributed by atoms with van der Waals surface area (Å²) in [7, 11) is 0. The molecule has 186 valence electrons. The Labute approximate surface area is 211 Å². The average molecular weight is 486 g/mol. The first-order valence-corrected chi connectivity index (χ1v) is 12.0. The van der Waals surface area contributed by atoms with Gasteiger partial charge in [0.05, 0.1) is 5.92 Å². The first-order chi connectivity index (χ1) is 17.3. The molecule has 1 fully saturated rings. The summed E-state index contributed by atoms with van der Waals surface area (Å²) in [5.41, 5.74) is 5.70. The lowest BCUT2D eigenvalue weighted by atomic mass is 10.1. The molecule has 1 saturated heterocycles. The summed E-state index contributed by atoms with van der Waals surface area (Å²) in [6, 6.07) is 20.8. The summed E-state index contributed by atoms with van der Waals surface area (Å²) < 4.78 is 5.62. The molecule has 4 rings (SSSR count). The highest BCUT2D eigenvalue weighted by Gasteiger charge is 2.35. The van der Waals surface area contributed by atoms with Crippen LogP contribution in [0.1, 0.15) is 28.7 Å².